The molecule has 0 saturated carbocycles. The summed E-state index contributed by atoms with van der Waals surface area (Å²) in [7, 11) is 1.37. The Morgan fingerprint density at radius 3 is 2.61 bits per heavy atom. The van der Waals surface area contributed by atoms with Gasteiger partial charge in [0, 0.05) is 5.75 Å². The Labute approximate surface area is 165 Å². The summed E-state index contributed by atoms with van der Waals surface area (Å²) in [5.74, 6) is 0.722. The van der Waals surface area contributed by atoms with Gasteiger partial charge < -0.3 is 4.74 Å². The van der Waals surface area contributed by atoms with Gasteiger partial charge in [0.15, 0.2) is 5.16 Å². The van der Waals surface area contributed by atoms with Crippen molar-refractivity contribution < 1.29 is 9.53 Å². The number of ether oxygens (including phenoxy) is 1. The second kappa shape index (κ2) is 7.85. The van der Waals surface area contributed by atoms with Crippen molar-refractivity contribution in [3.8, 4) is 0 Å². The number of carbonyl (C=O) groups is 1. The molecule has 0 aliphatic heterocycles. The van der Waals surface area contributed by atoms with E-state index in [1.54, 1.807) is 4.57 Å². The lowest BCUT2D eigenvalue weighted by Gasteiger charge is -2.11. The van der Waals surface area contributed by atoms with Crippen LogP contribution in [0.15, 0.2) is 64.5 Å². The molecule has 8 heteroatoms. The van der Waals surface area contributed by atoms with Gasteiger partial charge in [0.05, 0.1) is 31.0 Å². The molecule has 0 radical (unpaired) electrons. The van der Waals surface area contributed by atoms with Gasteiger partial charge in [-0.25, -0.2) is 0 Å². The molecule has 28 heavy (non-hydrogen) atoms. The van der Waals surface area contributed by atoms with E-state index in [1.807, 2.05) is 59.0 Å². The van der Waals surface area contributed by atoms with Crippen molar-refractivity contribution in [2.24, 2.45) is 0 Å². The minimum absolute atomic E-state index is 0.106. The molecule has 0 spiro atoms. The van der Waals surface area contributed by atoms with Crippen LogP contribution in [-0.4, -0.2) is 38.0 Å². The minimum atomic E-state index is -0.271. The fourth-order valence-electron chi connectivity index (χ4n) is 3.06. The summed E-state index contributed by atoms with van der Waals surface area (Å²) < 4.78 is 8.20. The Bertz CT molecular complexity index is 1200. The number of esters is 1. The molecule has 0 fully saturated rings. The molecule has 0 saturated heterocycles. The zero-order valence-electron chi connectivity index (χ0n) is 15.2. The number of para-hydroxylation sites is 1. The quantitative estimate of drug-likeness (QED) is 0.370. The van der Waals surface area contributed by atoms with Crippen molar-refractivity contribution in [3.05, 3.63) is 70.5 Å². The number of hydrogen-bond donors (Lipinski definition) is 0. The molecule has 0 aliphatic rings. The summed E-state index contributed by atoms with van der Waals surface area (Å²) in [6, 6.07) is 17.2. The van der Waals surface area contributed by atoms with Gasteiger partial charge >= 0.3 is 5.97 Å². The van der Waals surface area contributed by atoms with Gasteiger partial charge in [-0.3, -0.25) is 18.6 Å². The summed E-state index contributed by atoms with van der Waals surface area (Å²) in [6.07, 6.45) is 0.275. The third-order valence-electron chi connectivity index (χ3n) is 4.43. The highest BCUT2D eigenvalue weighted by atomic mass is 32.2. The van der Waals surface area contributed by atoms with Crippen molar-refractivity contribution in [3.63, 3.8) is 0 Å². The maximum Gasteiger partial charge on any atom is 0.306 e. The smallest absolute Gasteiger partial charge is 0.306 e. The highest BCUT2D eigenvalue weighted by Gasteiger charge is 2.17. The normalized spacial score (nSPS) is 11.2. The molecule has 2 aromatic heterocycles. The monoisotopic (exact) mass is 394 g/mol. The maximum atomic E-state index is 13.1. The fraction of sp³-hybridized carbons (Fsp3) is 0.200. The summed E-state index contributed by atoms with van der Waals surface area (Å²) in [6.45, 7) is 0.402. The number of nitrogens with zero attached hydrogens (tertiary/aromatic N) is 4. The number of rotatable bonds is 6. The average Bonchev–Trinajstić information content (AvgIpc) is 3.15. The van der Waals surface area contributed by atoms with Gasteiger partial charge in [-0.15, -0.1) is 10.2 Å². The first-order chi connectivity index (χ1) is 13.7. The zero-order valence-corrected chi connectivity index (χ0v) is 16.1. The van der Waals surface area contributed by atoms with E-state index in [0.717, 1.165) is 11.1 Å². The molecule has 0 amide bonds. The first-order valence-corrected chi connectivity index (χ1v) is 9.78. The van der Waals surface area contributed by atoms with Crippen LogP contribution in [-0.2, 0) is 16.1 Å². The first-order valence-electron chi connectivity index (χ1n) is 8.79. The van der Waals surface area contributed by atoms with E-state index >= 15 is 0 Å². The number of methoxy groups -OCH3 is 1. The summed E-state index contributed by atoms with van der Waals surface area (Å²) in [5, 5.41) is 9.79. The van der Waals surface area contributed by atoms with Crippen LogP contribution < -0.4 is 5.56 Å². The number of carbonyl (C=O) groups excluding carboxylic acids is 1. The van der Waals surface area contributed by atoms with Gasteiger partial charge in [0.2, 0.25) is 5.78 Å². The average molecular weight is 394 g/mol. The van der Waals surface area contributed by atoms with E-state index in [0.29, 0.717) is 28.6 Å². The van der Waals surface area contributed by atoms with Crippen LogP contribution >= 0.6 is 11.8 Å². The summed E-state index contributed by atoms with van der Waals surface area (Å²) in [5.41, 5.74) is 1.65. The Morgan fingerprint density at radius 2 is 1.82 bits per heavy atom. The van der Waals surface area contributed by atoms with Gasteiger partial charge in [0.25, 0.3) is 5.56 Å². The minimum Gasteiger partial charge on any atom is -0.469 e. The molecule has 0 bridgehead atoms. The van der Waals surface area contributed by atoms with E-state index in [2.05, 4.69) is 14.9 Å². The number of fused-ring (bicyclic) bond motifs is 3. The number of hydrogen-bond acceptors (Lipinski definition) is 6. The lowest BCUT2D eigenvalue weighted by Crippen LogP contribution is -2.24. The van der Waals surface area contributed by atoms with Gasteiger partial charge in [-0.05, 0) is 17.7 Å². The highest BCUT2D eigenvalue weighted by Crippen LogP contribution is 2.22. The molecule has 7 nitrogen and oxygen atoms in total. The number of aromatic nitrogens is 4. The molecule has 2 aromatic carbocycles. The fourth-order valence-corrected chi connectivity index (χ4v) is 3.92. The molecular weight excluding hydrogens is 376 g/mol. The van der Waals surface area contributed by atoms with Crippen molar-refractivity contribution in [2.45, 2.75) is 18.1 Å². The maximum absolute atomic E-state index is 13.1. The number of benzene rings is 2. The largest absolute Gasteiger partial charge is 0.469 e. The molecular formula is C20H18N4O3S. The molecule has 2 heterocycles. The van der Waals surface area contributed by atoms with E-state index in [4.69, 9.17) is 0 Å². The van der Waals surface area contributed by atoms with Crippen molar-refractivity contribution in [1.82, 2.24) is 19.2 Å². The molecule has 0 unspecified atom stereocenters. The third kappa shape index (κ3) is 3.38. The molecule has 0 N–H and O–H groups in total. The molecule has 4 aromatic rings. The van der Waals surface area contributed by atoms with E-state index in [1.165, 1.54) is 18.9 Å². The Morgan fingerprint density at radius 1 is 1.07 bits per heavy atom. The lowest BCUT2D eigenvalue weighted by atomic mass is 10.2. The second-order valence-electron chi connectivity index (χ2n) is 6.19. The summed E-state index contributed by atoms with van der Waals surface area (Å²) in [4.78, 5) is 24.5. The highest BCUT2D eigenvalue weighted by molar-refractivity contribution is 7.99. The van der Waals surface area contributed by atoms with Crippen LogP contribution in [0.2, 0.25) is 0 Å². The van der Waals surface area contributed by atoms with Crippen molar-refractivity contribution in [1.29, 1.82) is 0 Å². The first kappa shape index (κ1) is 18.2. The van der Waals surface area contributed by atoms with E-state index < -0.39 is 0 Å². The molecule has 0 aliphatic carbocycles. The SMILES string of the molecule is COC(=O)CCSc1nnc2n(Cc3ccccc3)c(=O)c3ccccc3n12. The summed E-state index contributed by atoms with van der Waals surface area (Å²) >= 11 is 1.41. The predicted octanol–water partition coefficient (Wildman–Crippen LogP) is 2.75. The van der Waals surface area contributed by atoms with Crippen LogP contribution in [0.4, 0.5) is 0 Å². The topological polar surface area (TPSA) is 78.5 Å². The van der Waals surface area contributed by atoms with E-state index in [9.17, 15) is 9.59 Å². The van der Waals surface area contributed by atoms with Crippen LogP contribution in [0.25, 0.3) is 16.7 Å². The second-order valence-corrected chi connectivity index (χ2v) is 7.25. The van der Waals surface area contributed by atoms with Crippen molar-refractivity contribution >= 4 is 34.4 Å². The van der Waals surface area contributed by atoms with Crippen LogP contribution in [0, 0.1) is 0 Å². The Balaban J connectivity index is 1.84. The third-order valence-corrected chi connectivity index (χ3v) is 5.36. The van der Waals surface area contributed by atoms with Crippen LogP contribution in [0.1, 0.15) is 12.0 Å². The van der Waals surface area contributed by atoms with Gasteiger partial charge in [0.1, 0.15) is 0 Å². The van der Waals surface area contributed by atoms with Crippen molar-refractivity contribution in [2.75, 3.05) is 12.9 Å². The molecule has 0 atom stereocenters. The van der Waals surface area contributed by atoms with Crippen LogP contribution in [0.5, 0.6) is 0 Å². The molecule has 4 rings (SSSR count). The Kier molecular flexibility index (Phi) is 5.12. The van der Waals surface area contributed by atoms with Gasteiger partial charge in [-0.2, -0.15) is 0 Å². The standard InChI is InChI=1S/C20H18N4O3S/c1-27-17(25)11-12-28-20-22-21-19-23(13-14-7-3-2-4-8-14)18(26)15-9-5-6-10-16(15)24(19)20/h2-10H,11-13H2,1H3. The van der Waals surface area contributed by atoms with Gasteiger partial charge in [-0.1, -0.05) is 54.2 Å². The molecule has 142 valence electrons. The zero-order chi connectivity index (χ0) is 19.5. The predicted molar refractivity (Wildman–Crippen MR) is 108 cm³/mol. The van der Waals surface area contributed by atoms with E-state index in [-0.39, 0.29) is 17.9 Å². The Hall–Kier alpha value is -3.13. The lowest BCUT2D eigenvalue weighted by molar-refractivity contribution is -0.140. The number of thioether (sulfide) groups is 1. The van der Waals surface area contributed by atoms with Crippen LogP contribution in [0.3, 0.4) is 0 Å².